The molecule has 0 aliphatic rings. The van der Waals surface area contributed by atoms with Gasteiger partial charge in [-0.15, -0.1) is 0 Å². The summed E-state index contributed by atoms with van der Waals surface area (Å²) in [7, 11) is 0. The Bertz CT molecular complexity index is 583. The summed E-state index contributed by atoms with van der Waals surface area (Å²) in [5, 5.41) is 0.861. The normalized spacial score (nSPS) is 10.3. The van der Waals surface area contributed by atoms with Crippen molar-refractivity contribution in [3.63, 3.8) is 0 Å². The van der Waals surface area contributed by atoms with Crippen molar-refractivity contribution in [2.24, 2.45) is 0 Å². The van der Waals surface area contributed by atoms with Crippen LogP contribution in [0.25, 0.3) is 10.4 Å². The fourth-order valence-corrected chi connectivity index (χ4v) is 2.65. The smallest absolute Gasteiger partial charge is 0.358 e. The molecule has 6 heteroatoms. The molecule has 0 bridgehead atoms. The zero-order valence-electron chi connectivity index (χ0n) is 9.64. The van der Waals surface area contributed by atoms with Gasteiger partial charge in [0.2, 0.25) is 0 Å². The summed E-state index contributed by atoms with van der Waals surface area (Å²) in [6.45, 7) is 2.03. The lowest BCUT2D eigenvalue weighted by Crippen LogP contribution is -2.06. The number of benzene rings is 1. The van der Waals surface area contributed by atoms with E-state index >= 15 is 0 Å². The number of aromatic nitrogens is 1. The number of nitrogen functional groups attached to an aromatic ring is 1. The van der Waals surface area contributed by atoms with Crippen LogP contribution in [0.4, 0.5) is 5.13 Å². The molecule has 0 atom stereocenters. The monoisotopic (exact) mass is 282 g/mol. The van der Waals surface area contributed by atoms with Gasteiger partial charge >= 0.3 is 5.97 Å². The van der Waals surface area contributed by atoms with Gasteiger partial charge in [0.05, 0.1) is 11.5 Å². The predicted molar refractivity (Wildman–Crippen MR) is 72.9 cm³/mol. The summed E-state index contributed by atoms with van der Waals surface area (Å²) in [6, 6.07) is 7.23. The van der Waals surface area contributed by atoms with Gasteiger partial charge in [0.25, 0.3) is 0 Å². The number of anilines is 1. The Kier molecular flexibility index (Phi) is 3.84. The molecule has 4 nitrogen and oxygen atoms in total. The number of nitrogens with zero attached hydrogens (tertiary/aromatic N) is 1. The number of hydrogen-bond donors (Lipinski definition) is 1. The lowest BCUT2D eigenvalue weighted by atomic mass is 10.1. The van der Waals surface area contributed by atoms with E-state index in [0.29, 0.717) is 15.0 Å². The summed E-state index contributed by atoms with van der Waals surface area (Å²) in [5.74, 6) is -0.486. The van der Waals surface area contributed by atoms with Gasteiger partial charge in [0.1, 0.15) is 0 Å². The molecule has 0 saturated heterocycles. The van der Waals surface area contributed by atoms with Crippen molar-refractivity contribution in [2.45, 2.75) is 6.92 Å². The van der Waals surface area contributed by atoms with Gasteiger partial charge in [-0.2, -0.15) is 0 Å². The number of carbonyl (C=O) groups is 1. The van der Waals surface area contributed by atoms with Crippen LogP contribution < -0.4 is 5.73 Å². The van der Waals surface area contributed by atoms with Crippen LogP contribution in [0.15, 0.2) is 24.3 Å². The van der Waals surface area contributed by atoms with E-state index in [0.717, 1.165) is 5.56 Å². The van der Waals surface area contributed by atoms with Crippen LogP contribution in [0.3, 0.4) is 0 Å². The molecular formula is C12H11ClN2O2S. The standard InChI is InChI=1S/C12H11ClN2O2S/c1-2-17-11(16)9-10(18-12(14)15-9)7-5-3-4-6-8(7)13/h3-6H,2H2,1H3,(H2,14,15). The molecule has 0 spiro atoms. The Labute approximate surface area is 113 Å². The predicted octanol–water partition coefficient (Wildman–Crippen LogP) is 3.22. The van der Waals surface area contributed by atoms with Gasteiger partial charge in [0.15, 0.2) is 10.8 Å². The Morgan fingerprint density at radius 3 is 2.89 bits per heavy atom. The van der Waals surface area contributed by atoms with E-state index < -0.39 is 5.97 Å². The lowest BCUT2D eigenvalue weighted by Gasteiger charge is -2.03. The second-order valence-corrected chi connectivity index (χ2v) is 4.87. The number of ether oxygens (including phenoxy) is 1. The van der Waals surface area contributed by atoms with Gasteiger partial charge in [-0.1, -0.05) is 41.1 Å². The fraction of sp³-hybridized carbons (Fsp3) is 0.167. The van der Waals surface area contributed by atoms with Crippen molar-refractivity contribution in [3.05, 3.63) is 35.0 Å². The van der Waals surface area contributed by atoms with E-state index in [-0.39, 0.29) is 12.3 Å². The average molecular weight is 283 g/mol. The topological polar surface area (TPSA) is 65.2 Å². The second-order valence-electron chi connectivity index (χ2n) is 3.43. The third-order valence-electron chi connectivity index (χ3n) is 2.23. The molecule has 0 radical (unpaired) electrons. The molecule has 0 fully saturated rings. The van der Waals surface area contributed by atoms with Gasteiger partial charge < -0.3 is 10.5 Å². The van der Waals surface area contributed by atoms with Crippen molar-refractivity contribution < 1.29 is 9.53 Å². The van der Waals surface area contributed by atoms with Crippen molar-refractivity contribution in [1.82, 2.24) is 4.98 Å². The molecule has 2 N–H and O–H groups in total. The Hall–Kier alpha value is -1.59. The number of thiazole rings is 1. The third-order valence-corrected chi connectivity index (χ3v) is 3.48. The minimum atomic E-state index is -0.486. The van der Waals surface area contributed by atoms with E-state index in [9.17, 15) is 4.79 Å². The van der Waals surface area contributed by atoms with Crippen LogP contribution in [0.1, 0.15) is 17.4 Å². The molecule has 2 rings (SSSR count). The van der Waals surface area contributed by atoms with E-state index in [2.05, 4.69) is 4.98 Å². The molecule has 1 aromatic carbocycles. The van der Waals surface area contributed by atoms with Crippen LogP contribution >= 0.6 is 22.9 Å². The summed E-state index contributed by atoms with van der Waals surface area (Å²) < 4.78 is 4.95. The summed E-state index contributed by atoms with van der Waals surface area (Å²) in [6.07, 6.45) is 0. The Balaban J connectivity index is 2.51. The van der Waals surface area contributed by atoms with E-state index in [1.807, 2.05) is 18.2 Å². The first kappa shape index (κ1) is 12.9. The highest BCUT2D eigenvalue weighted by Crippen LogP contribution is 2.36. The average Bonchev–Trinajstić information content (AvgIpc) is 2.72. The van der Waals surface area contributed by atoms with Gasteiger partial charge in [-0.05, 0) is 13.0 Å². The number of carbonyl (C=O) groups excluding carboxylic acids is 1. The first-order valence-corrected chi connectivity index (χ1v) is 6.51. The highest BCUT2D eigenvalue weighted by molar-refractivity contribution is 7.19. The summed E-state index contributed by atoms with van der Waals surface area (Å²) in [4.78, 5) is 16.4. The first-order valence-electron chi connectivity index (χ1n) is 5.31. The molecule has 0 amide bonds. The molecular weight excluding hydrogens is 272 g/mol. The number of halogens is 1. The highest BCUT2D eigenvalue weighted by Gasteiger charge is 2.21. The largest absolute Gasteiger partial charge is 0.461 e. The molecule has 0 aliphatic carbocycles. The van der Waals surface area contributed by atoms with Crippen LogP contribution in [0.5, 0.6) is 0 Å². The van der Waals surface area contributed by atoms with Crippen molar-refractivity contribution >= 4 is 34.0 Å². The van der Waals surface area contributed by atoms with Gasteiger partial charge in [-0.25, -0.2) is 9.78 Å². The Morgan fingerprint density at radius 2 is 2.22 bits per heavy atom. The minimum absolute atomic E-state index is 0.215. The molecule has 2 aromatic rings. The Morgan fingerprint density at radius 1 is 1.50 bits per heavy atom. The van der Waals surface area contributed by atoms with Crippen molar-refractivity contribution in [2.75, 3.05) is 12.3 Å². The van der Waals surface area contributed by atoms with E-state index in [1.165, 1.54) is 11.3 Å². The maximum atomic E-state index is 11.8. The summed E-state index contributed by atoms with van der Waals surface area (Å²) >= 11 is 7.32. The van der Waals surface area contributed by atoms with Crippen LogP contribution in [0, 0.1) is 0 Å². The number of rotatable bonds is 3. The van der Waals surface area contributed by atoms with Gasteiger partial charge in [-0.3, -0.25) is 0 Å². The van der Waals surface area contributed by atoms with Crippen molar-refractivity contribution in [3.8, 4) is 10.4 Å². The summed E-state index contributed by atoms with van der Waals surface area (Å²) in [5.41, 5.74) is 6.61. The van der Waals surface area contributed by atoms with E-state index in [4.69, 9.17) is 22.1 Å². The molecule has 0 unspecified atom stereocenters. The molecule has 1 heterocycles. The number of nitrogens with two attached hydrogens (primary N) is 1. The highest BCUT2D eigenvalue weighted by atomic mass is 35.5. The van der Waals surface area contributed by atoms with Crippen LogP contribution in [-0.2, 0) is 4.74 Å². The molecule has 94 valence electrons. The van der Waals surface area contributed by atoms with Crippen molar-refractivity contribution in [1.29, 1.82) is 0 Å². The fourth-order valence-electron chi connectivity index (χ4n) is 1.50. The minimum Gasteiger partial charge on any atom is -0.461 e. The third kappa shape index (κ3) is 2.47. The first-order chi connectivity index (χ1) is 8.63. The van der Waals surface area contributed by atoms with Gasteiger partial charge in [0, 0.05) is 10.6 Å². The lowest BCUT2D eigenvalue weighted by molar-refractivity contribution is 0.0521. The molecule has 1 aromatic heterocycles. The molecule has 18 heavy (non-hydrogen) atoms. The molecule has 0 aliphatic heterocycles. The van der Waals surface area contributed by atoms with E-state index in [1.54, 1.807) is 13.0 Å². The number of esters is 1. The second kappa shape index (κ2) is 5.37. The van der Waals surface area contributed by atoms with Crippen LogP contribution in [0.2, 0.25) is 5.02 Å². The quantitative estimate of drug-likeness (QED) is 0.878. The SMILES string of the molecule is CCOC(=O)c1nc(N)sc1-c1ccccc1Cl. The maximum Gasteiger partial charge on any atom is 0.358 e. The zero-order valence-corrected chi connectivity index (χ0v) is 11.2. The molecule has 0 saturated carbocycles. The number of hydrogen-bond acceptors (Lipinski definition) is 5. The zero-order chi connectivity index (χ0) is 13.1. The maximum absolute atomic E-state index is 11.8. The van der Waals surface area contributed by atoms with Crippen LogP contribution in [-0.4, -0.2) is 17.6 Å².